The second kappa shape index (κ2) is 6.52. The molecule has 0 spiro atoms. The van der Waals surface area contributed by atoms with Gasteiger partial charge in [0, 0.05) is 25.5 Å². The van der Waals surface area contributed by atoms with Gasteiger partial charge in [-0.3, -0.25) is 14.5 Å². The van der Waals surface area contributed by atoms with Gasteiger partial charge in [0.15, 0.2) is 0 Å². The molecule has 0 atom stereocenters. The molecule has 0 unspecified atom stereocenters. The number of nitrogens with zero attached hydrogens (tertiary/aromatic N) is 2. The summed E-state index contributed by atoms with van der Waals surface area (Å²) in [5, 5.41) is 0. The number of rotatable bonds is 4. The van der Waals surface area contributed by atoms with Crippen molar-refractivity contribution in [2.75, 3.05) is 7.05 Å². The van der Waals surface area contributed by atoms with E-state index >= 15 is 0 Å². The molecule has 0 fully saturated rings. The van der Waals surface area contributed by atoms with Crippen LogP contribution in [0.5, 0.6) is 0 Å². The molecule has 0 radical (unpaired) electrons. The number of carbonyl (C=O) groups is 2. The van der Waals surface area contributed by atoms with Crippen molar-refractivity contribution in [3.05, 3.63) is 66.5 Å². The molecule has 0 N–H and O–H groups in total. The fourth-order valence-electron chi connectivity index (χ4n) is 1.70. The third kappa shape index (κ3) is 3.68. The molecule has 2 rings (SSSR count). The van der Waals surface area contributed by atoms with E-state index in [0.717, 1.165) is 10.5 Å². The number of hydrogen-bond acceptors (Lipinski definition) is 2. The van der Waals surface area contributed by atoms with Gasteiger partial charge < -0.3 is 4.57 Å². The van der Waals surface area contributed by atoms with Gasteiger partial charge in [-0.15, -0.1) is 0 Å². The normalized spacial score (nSPS) is 10.7. The Labute approximate surface area is 117 Å². The van der Waals surface area contributed by atoms with Gasteiger partial charge in [0.1, 0.15) is 6.54 Å². The lowest BCUT2D eigenvalue weighted by molar-refractivity contribution is -0.140. The molecule has 0 aliphatic rings. The van der Waals surface area contributed by atoms with Crippen LogP contribution in [0.1, 0.15) is 5.56 Å². The minimum atomic E-state index is -0.328. The van der Waals surface area contributed by atoms with Crippen LogP contribution in [0.3, 0.4) is 0 Å². The average Bonchev–Trinajstić information content (AvgIpc) is 2.98. The maximum Gasteiger partial charge on any atom is 0.252 e. The average molecular weight is 268 g/mol. The third-order valence-corrected chi connectivity index (χ3v) is 2.91. The van der Waals surface area contributed by atoms with Gasteiger partial charge in [0.25, 0.3) is 5.91 Å². The highest BCUT2D eigenvalue weighted by Crippen LogP contribution is 2.02. The van der Waals surface area contributed by atoms with Gasteiger partial charge in [-0.1, -0.05) is 30.3 Å². The predicted octanol–water partition coefficient (Wildman–Crippen LogP) is 2.19. The number of likely N-dealkylation sites (N-methyl/N-ethyl adjacent to an activating group) is 1. The van der Waals surface area contributed by atoms with Gasteiger partial charge in [-0.25, -0.2) is 0 Å². The molecule has 2 amide bonds. The number of carbonyl (C=O) groups excluding carboxylic acids is 2. The van der Waals surface area contributed by atoms with Gasteiger partial charge in [-0.05, 0) is 23.8 Å². The van der Waals surface area contributed by atoms with Crippen LogP contribution in [-0.4, -0.2) is 28.3 Å². The van der Waals surface area contributed by atoms with Crippen molar-refractivity contribution in [3.63, 3.8) is 0 Å². The zero-order chi connectivity index (χ0) is 14.4. The van der Waals surface area contributed by atoms with Gasteiger partial charge in [0.05, 0.1) is 0 Å². The monoisotopic (exact) mass is 268 g/mol. The molecule has 4 heteroatoms. The molecule has 0 saturated heterocycles. The van der Waals surface area contributed by atoms with Crippen molar-refractivity contribution in [1.29, 1.82) is 0 Å². The zero-order valence-corrected chi connectivity index (χ0v) is 11.3. The third-order valence-electron chi connectivity index (χ3n) is 2.91. The molecule has 102 valence electrons. The van der Waals surface area contributed by atoms with Crippen molar-refractivity contribution in [1.82, 2.24) is 9.47 Å². The lowest BCUT2D eigenvalue weighted by Crippen LogP contribution is -2.34. The molecular weight excluding hydrogens is 252 g/mol. The topological polar surface area (TPSA) is 42.3 Å². The zero-order valence-electron chi connectivity index (χ0n) is 11.3. The Hall–Kier alpha value is -2.62. The molecule has 4 nitrogen and oxygen atoms in total. The Morgan fingerprint density at radius 3 is 2.40 bits per heavy atom. The smallest absolute Gasteiger partial charge is 0.252 e. The Balaban J connectivity index is 1.95. The van der Waals surface area contributed by atoms with Gasteiger partial charge in [-0.2, -0.15) is 0 Å². The maximum absolute atomic E-state index is 11.9. The van der Waals surface area contributed by atoms with Crippen LogP contribution in [0.4, 0.5) is 0 Å². The highest BCUT2D eigenvalue weighted by molar-refractivity contribution is 6.02. The summed E-state index contributed by atoms with van der Waals surface area (Å²) in [7, 11) is 1.49. The van der Waals surface area contributed by atoms with E-state index in [0.29, 0.717) is 0 Å². The first-order valence-corrected chi connectivity index (χ1v) is 6.31. The van der Waals surface area contributed by atoms with Crippen LogP contribution < -0.4 is 0 Å². The Morgan fingerprint density at radius 1 is 1.10 bits per heavy atom. The van der Waals surface area contributed by atoms with E-state index < -0.39 is 0 Å². The first-order valence-electron chi connectivity index (χ1n) is 6.31. The molecule has 1 heterocycles. The first-order chi connectivity index (χ1) is 9.66. The maximum atomic E-state index is 11.9. The summed E-state index contributed by atoms with van der Waals surface area (Å²) < 4.78 is 1.73. The molecule has 0 bridgehead atoms. The Bertz CT molecular complexity index is 601. The van der Waals surface area contributed by atoms with E-state index in [4.69, 9.17) is 0 Å². The summed E-state index contributed by atoms with van der Waals surface area (Å²) in [5.41, 5.74) is 0.923. The summed E-state index contributed by atoms with van der Waals surface area (Å²) in [6.45, 7) is 0.161. The van der Waals surface area contributed by atoms with Crippen LogP contribution in [-0.2, 0) is 16.1 Å². The van der Waals surface area contributed by atoms with Crippen molar-refractivity contribution in [2.24, 2.45) is 0 Å². The van der Waals surface area contributed by atoms with E-state index in [2.05, 4.69) is 0 Å². The highest BCUT2D eigenvalue weighted by Gasteiger charge is 2.14. The van der Waals surface area contributed by atoms with Crippen molar-refractivity contribution in [3.8, 4) is 0 Å². The summed E-state index contributed by atoms with van der Waals surface area (Å²) in [6.07, 6.45) is 6.68. The standard InChI is InChI=1S/C16H16N2O2/c1-17(16(20)13-18-11-5-6-12-18)15(19)10-9-14-7-3-2-4-8-14/h2-12H,13H2,1H3. The number of imide groups is 1. The van der Waals surface area contributed by atoms with Crippen LogP contribution in [0, 0.1) is 0 Å². The fraction of sp³-hybridized carbons (Fsp3) is 0.125. The van der Waals surface area contributed by atoms with Crippen LogP contribution in [0.25, 0.3) is 6.08 Å². The van der Waals surface area contributed by atoms with Crippen LogP contribution in [0.15, 0.2) is 60.9 Å². The molecule has 2 aromatic rings. The molecule has 0 aliphatic heterocycles. The van der Waals surface area contributed by atoms with Gasteiger partial charge in [0.2, 0.25) is 5.91 Å². The summed E-state index contributed by atoms with van der Waals surface area (Å²) in [4.78, 5) is 24.9. The molecule has 0 aliphatic carbocycles. The van der Waals surface area contributed by atoms with E-state index in [1.807, 2.05) is 42.5 Å². The number of hydrogen-bond donors (Lipinski definition) is 0. The van der Waals surface area contributed by atoms with E-state index in [9.17, 15) is 9.59 Å². The highest BCUT2D eigenvalue weighted by atomic mass is 16.2. The summed E-state index contributed by atoms with van der Waals surface area (Å²) in [5.74, 6) is -0.574. The second-order valence-corrected chi connectivity index (χ2v) is 4.39. The number of amides is 2. The summed E-state index contributed by atoms with van der Waals surface area (Å²) >= 11 is 0. The van der Waals surface area contributed by atoms with Crippen molar-refractivity contribution < 1.29 is 9.59 Å². The van der Waals surface area contributed by atoms with Crippen molar-refractivity contribution >= 4 is 17.9 Å². The fourth-order valence-corrected chi connectivity index (χ4v) is 1.70. The second-order valence-electron chi connectivity index (χ2n) is 4.39. The number of benzene rings is 1. The van der Waals surface area contributed by atoms with E-state index in [-0.39, 0.29) is 18.4 Å². The first kappa shape index (κ1) is 13.8. The van der Waals surface area contributed by atoms with E-state index in [1.54, 1.807) is 23.0 Å². The van der Waals surface area contributed by atoms with E-state index in [1.165, 1.54) is 13.1 Å². The van der Waals surface area contributed by atoms with Gasteiger partial charge >= 0.3 is 0 Å². The largest absolute Gasteiger partial charge is 0.345 e. The molecule has 0 saturated carbocycles. The summed E-state index contributed by atoms with van der Waals surface area (Å²) in [6, 6.07) is 13.2. The Morgan fingerprint density at radius 2 is 1.75 bits per heavy atom. The molecular formula is C16H16N2O2. The quantitative estimate of drug-likeness (QED) is 0.798. The molecule has 1 aromatic heterocycles. The minimum Gasteiger partial charge on any atom is -0.345 e. The lowest BCUT2D eigenvalue weighted by Gasteiger charge is -2.13. The van der Waals surface area contributed by atoms with Crippen LogP contribution >= 0.6 is 0 Å². The molecule has 1 aromatic carbocycles. The number of aromatic nitrogens is 1. The van der Waals surface area contributed by atoms with Crippen molar-refractivity contribution in [2.45, 2.75) is 6.54 Å². The predicted molar refractivity (Wildman–Crippen MR) is 77.7 cm³/mol. The van der Waals surface area contributed by atoms with Crippen LogP contribution in [0.2, 0.25) is 0 Å². The lowest BCUT2D eigenvalue weighted by atomic mass is 10.2. The minimum absolute atomic E-state index is 0.161. The molecule has 20 heavy (non-hydrogen) atoms. The SMILES string of the molecule is CN(C(=O)C=Cc1ccccc1)C(=O)Cn1cccc1. The Kier molecular flexibility index (Phi) is 4.50.